The van der Waals surface area contributed by atoms with Crippen molar-refractivity contribution in [2.45, 2.75) is 25.3 Å². The van der Waals surface area contributed by atoms with Gasteiger partial charge in [-0.25, -0.2) is 4.98 Å². The summed E-state index contributed by atoms with van der Waals surface area (Å²) in [4.78, 5) is 16.9. The Morgan fingerprint density at radius 1 is 1.37 bits per heavy atom. The lowest BCUT2D eigenvalue weighted by molar-refractivity contribution is 0.447. The molecule has 100 valence electrons. The molecule has 1 aromatic heterocycles. The average molecular weight is 278 g/mol. The molecule has 1 unspecified atom stereocenters. The van der Waals surface area contributed by atoms with Crippen LogP contribution in [-0.2, 0) is 0 Å². The van der Waals surface area contributed by atoms with Gasteiger partial charge in [-0.1, -0.05) is 18.0 Å². The van der Waals surface area contributed by atoms with Gasteiger partial charge in [-0.05, 0) is 37.6 Å². The Morgan fingerprint density at radius 2 is 2.26 bits per heavy atom. The van der Waals surface area contributed by atoms with Gasteiger partial charge >= 0.3 is 0 Å². The number of fused-ring (bicyclic) bond motifs is 1. The number of aromatic nitrogens is 2. The normalized spacial score (nSPS) is 20.4. The van der Waals surface area contributed by atoms with Gasteiger partial charge in [0, 0.05) is 11.6 Å². The fourth-order valence-electron chi connectivity index (χ4n) is 2.61. The summed E-state index contributed by atoms with van der Waals surface area (Å²) in [5.74, 6) is 0. The van der Waals surface area contributed by atoms with Crippen LogP contribution >= 0.6 is 11.6 Å². The molecule has 3 rings (SSSR count). The van der Waals surface area contributed by atoms with E-state index in [1.807, 2.05) is 0 Å². The van der Waals surface area contributed by atoms with Crippen molar-refractivity contribution in [3.8, 4) is 0 Å². The zero-order valence-corrected chi connectivity index (χ0v) is 11.4. The maximum Gasteiger partial charge on any atom is 0.261 e. The third kappa shape index (κ3) is 2.51. The second-order valence-corrected chi connectivity index (χ2v) is 5.41. The van der Waals surface area contributed by atoms with Crippen LogP contribution in [0.25, 0.3) is 10.9 Å². The lowest BCUT2D eigenvalue weighted by atomic mass is 10.1. The van der Waals surface area contributed by atoms with Crippen molar-refractivity contribution in [1.29, 1.82) is 0 Å². The summed E-state index contributed by atoms with van der Waals surface area (Å²) in [6.07, 6.45) is 4.98. The van der Waals surface area contributed by atoms with Crippen molar-refractivity contribution in [2.24, 2.45) is 0 Å². The van der Waals surface area contributed by atoms with E-state index in [0.29, 0.717) is 15.9 Å². The highest BCUT2D eigenvalue weighted by Gasteiger charge is 2.16. The molecule has 0 radical (unpaired) electrons. The van der Waals surface area contributed by atoms with Crippen LogP contribution in [0.4, 0.5) is 0 Å². The second-order valence-electron chi connectivity index (χ2n) is 4.97. The Bertz CT molecular complexity index is 645. The number of benzene rings is 1. The monoisotopic (exact) mass is 277 g/mol. The molecule has 4 nitrogen and oxygen atoms in total. The summed E-state index contributed by atoms with van der Waals surface area (Å²) in [6.45, 7) is 1.86. The third-order valence-electron chi connectivity index (χ3n) is 3.66. The Labute approximate surface area is 116 Å². The Hall–Kier alpha value is -1.39. The molecular weight excluding hydrogens is 262 g/mol. The van der Waals surface area contributed by atoms with Crippen molar-refractivity contribution in [2.75, 3.05) is 13.1 Å². The van der Waals surface area contributed by atoms with Crippen LogP contribution in [0.5, 0.6) is 0 Å². The van der Waals surface area contributed by atoms with Gasteiger partial charge in [0.05, 0.1) is 23.3 Å². The highest BCUT2D eigenvalue weighted by atomic mass is 35.5. The summed E-state index contributed by atoms with van der Waals surface area (Å²) in [7, 11) is 0. The largest absolute Gasteiger partial charge is 0.315 e. The third-order valence-corrected chi connectivity index (χ3v) is 3.90. The maximum absolute atomic E-state index is 12.5. The van der Waals surface area contributed by atoms with E-state index in [1.54, 1.807) is 29.1 Å². The van der Waals surface area contributed by atoms with Crippen LogP contribution in [-0.4, -0.2) is 22.6 Å². The number of nitrogens with one attached hydrogen (secondary N) is 1. The summed E-state index contributed by atoms with van der Waals surface area (Å²) in [5, 5.41) is 4.61. The number of rotatable bonds is 1. The van der Waals surface area contributed by atoms with Gasteiger partial charge in [0.1, 0.15) is 0 Å². The molecule has 0 bridgehead atoms. The lowest BCUT2D eigenvalue weighted by Crippen LogP contribution is -2.31. The second kappa shape index (κ2) is 5.31. The SMILES string of the molecule is O=c1c2ccc(Cl)cc2ncn1C1CCCCNC1. The van der Waals surface area contributed by atoms with Crippen LogP contribution < -0.4 is 10.9 Å². The van der Waals surface area contributed by atoms with E-state index in [0.717, 1.165) is 25.9 Å². The van der Waals surface area contributed by atoms with Crippen LogP contribution in [0.2, 0.25) is 5.02 Å². The zero-order valence-electron chi connectivity index (χ0n) is 10.6. The Morgan fingerprint density at radius 3 is 3.16 bits per heavy atom. The quantitative estimate of drug-likeness (QED) is 0.870. The topological polar surface area (TPSA) is 46.9 Å². The molecule has 1 N–H and O–H groups in total. The fraction of sp³-hybridized carbons (Fsp3) is 0.429. The molecule has 1 saturated heterocycles. The minimum Gasteiger partial charge on any atom is -0.315 e. The summed E-state index contributed by atoms with van der Waals surface area (Å²) < 4.78 is 1.76. The lowest BCUT2D eigenvalue weighted by Gasteiger charge is -2.17. The molecule has 1 aliphatic heterocycles. The smallest absolute Gasteiger partial charge is 0.261 e. The van der Waals surface area contributed by atoms with Crippen molar-refractivity contribution in [3.05, 3.63) is 39.9 Å². The minimum absolute atomic E-state index is 0.0235. The molecule has 1 fully saturated rings. The number of halogens is 1. The van der Waals surface area contributed by atoms with Gasteiger partial charge in [0.25, 0.3) is 5.56 Å². The van der Waals surface area contributed by atoms with E-state index < -0.39 is 0 Å². The minimum atomic E-state index is 0.0235. The Kier molecular flexibility index (Phi) is 3.53. The molecule has 1 aliphatic rings. The summed E-state index contributed by atoms with van der Waals surface area (Å²) in [5.41, 5.74) is 0.686. The van der Waals surface area contributed by atoms with Crippen LogP contribution in [0.15, 0.2) is 29.3 Å². The van der Waals surface area contributed by atoms with Crippen LogP contribution in [0.1, 0.15) is 25.3 Å². The van der Waals surface area contributed by atoms with E-state index >= 15 is 0 Å². The maximum atomic E-state index is 12.5. The van der Waals surface area contributed by atoms with Crippen molar-refractivity contribution in [3.63, 3.8) is 0 Å². The molecule has 0 aliphatic carbocycles. The average Bonchev–Trinajstić information content (AvgIpc) is 2.68. The molecule has 0 spiro atoms. The van der Waals surface area contributed by atoms with Gasteiger partial charge in [0.2, 0.25) is 0 Å². The number of hydrogen-bond acceptors (Lipinski definition) is 3. The fourth-order valence-corrected chi connectivity index (χ4v) is 2.77. The number of hydrogen-bond donors (Lipinski definition) is 1. The van der Waals surface area contributed by atoms with E-state index in [2.05, 4.69) is 10.3 Å². The van der Waals surface area contributed by atoms with Crippen molar-refractivity contribution < 1.29 is 0 Å². The molecule has 0 saturated carbocycles. The summed E-state index contributed by atoms with van der Waals surface area (Å²) in [6, 6.07) is 5.42. The highest BCUT2D eigenvalue weighted by molar-refractivity contribution is 6.31. The highest BCUT2D eigenvalue weighted by Crippen LogP contribution is 2.18. The number of nitrogens with zero attached hydrogens (tertiary/aromatic N) is 2. The van der Waals surface area contributed by atoms with E-state index in [-0.39, 0.29) is 11.6 Å². The zero-order chi connectivity index (χ0) is 13.2. The van der Waals surface area contributed by atoms with Gasteiger partial charge in [-0.15, -0.1) is 0 Å². The standard InChI is InChI=1S/C14H16ClN3O/c15-10-4-5-12-13(7-10)17-9-18(14(12)19)11-3-1-2-6-16-8-11/h4-5,7,9,11,16H,1-3,6,8H2. The van der Waals surface area contributed by atoms with E-state index in [9.17, 15) is 4.79 Å². The predicted molar refractivity (Wildman–Crippen MR) is 76.8 cm³/mol. The van der Waals surface area contributed by atoms with Gasteiger partial charge in [-0.3, -0.25) is 9.36 Å². The molecular formula is C14H16ClN3O. The molecule has 2 aromatic rings. The van der Waals surface area contributed by atoms with Crippen molar-refractivity contribution in [1.82, 2.24) is 14.9 Å². The predicted octanol–water partition coefficient (Wildman–Crippen LogP) is 2.36. The first kappa shape index (κ1) is 12.6. The van der Waals surface area contributed by atoms with Gasteiger partial charge < -0.3 is 5.32 Å². The molecule has 1 atom stereocenters. The van der Waals surface area contributed by atoms with Gasteiger partial charge in [0.15, 0.2) is 0 Å². The van der Waals surface area contributed by atoms with Gasteiger partial charge in [-0.2, -0.15) is 0 Å². The van der Waals surface area contributed by atoms with Crippen LogP contribution in [0.3, 0.4) is 0 Å². The first-order valence-electron chi connectivity index (χ1n) is 6.63. The molecule has 19 heavy (non-hydrogen) atoms. The molecule has 0 amide bonds. The van der Waals surface area contributed by atoms with Crippen LogP contribution in [0, 0.1) is 0 Å². The summed E-state index contributed by atoms with van der Waals surface area (Å²) >= 11 is 5.92. The first-order chi connectivity index (χ1) is 9.25. The molecule has 1 aromatic carbocycles. The van der Waals surface area contributed by atoms with Crippen molar-refractivity contribution >= 4 is 22.5 Å². The molecule has 5 heteroatoms. The van der Waals surface area contributed by atoms with E-state index in [1.165, 1.54) is 6.42 Å². The van der Waals surface area contributed by atoms with E-state index in [4.69, 9.17) is 11.6 Å². The Balaban J connectivity index is 2.07. The first-order valence-corrected chi connectivity index (χ1v) is 7.00. The molecule has 2 heterocycles.